The van der Waals surface area contributed by atoms with Crippen LogP contribution in [0, 0.1) is 28.9 Å². The van der Waals surface area contributed by atoms with E-state index in [1.54, 1.807) is 6.07 Å². The Balaban J connectivity index is 1.67. The minimum absolute atomic E-state index is 0.0163. The van der Waals surface area contributed by atoms with E-state index >= 15 is 0 Å². The number of likely N-dealkylation sites (tertiary alicyclic amines) is 1. The van der Waals surface area contributed by atoms with Gasteiger partial charge in [0.2, 0.25) is 0 Å². The number of nitrogens with zero attached hydrogens (tertiary/aromatic N) is 2. The number of nitriles is 1. The Morgan fingerprint density at radius 3 is 2.30 bits per heavy atom. The van der Waals surface area contributed by atoms with Gasteiger partial charge in [-0.2, -0.15) is 5.26 Å². The van der Waals surface area contributed by atoms with Crippen molar-refractivity contribution < 1.29 is 13.9 Å². The first-order chi connectivity index (χ1) is 15.9. The molecule has 2 atom stereocenters. The highest BCUT2D eigenvalue weighted by Crippen LogP contribution is 2.45. The van der Waals surface area contributed by atoms with Crippen LogP contribution in [0.4, 0.5) is 8.78 Å². The summed E-state index contributed by atoms with van der Waals surface area (Å²) in [7, 11) is 0. The van der Waals surface area contributed by atoms with Crippen molar-refractivity contribution in [1.29, 1.82) is 5.26 Å². The SMILES string of the molecule is CC[C@@](CO)(c1cc(F)cc(F)c1)C1CN([C@@H](c2ccc(Cl)cc2)c2cccc(C#N)c2)C1. The van der Waals surface area contributed by atoms with Crippen LogP contribution in [0.25, 0.3) is 0 Å². The molecule has 6 heteroatoms. The zero-order valence-corrected chi connectivity index (χ0v) is 19.1. The summed E-state index contributed by atoms with van der Waals surface area (Å²) in [6.45, 7) is 3.02. The van der Waals surface area contributed by atoms with Crippen molar-refractivity contribution in [3.63, 3.8) is 0 Å². The van der Waals surface area contributed by atoms with E-state index in [0.717, 1.165) is 17.2 Å². The molecule has 0 saturated carbocycles. The van der Waals surface area contributed by atoms with E-state index in [0.29, 0.717) is 35.7 Å². The average Bonchev–Trinajstić information content (AvgIpc) is 2.78. The molecule has 0 spiro atoms. The number of aliphatic hydroxyl groups excluding tert-OH is 1. The van der Waals surface area contributed by atoms with Crippen molar-refractivity contribution in [2.45, 2.75) is 24.8 Å². The molecule has 0 unspecified atom stereocenters. The molecule has 0 aromatic heterocycles. The van der Waals surface area contributed by atoms with E-state index in [2.05, 4.69) is 11.0 Å². The van der Waals surface area contributed by atoms with Gasteiger partial charge in [0.15, 0.2) is 0 Å². The summed E-state index contributed by atoms with van der Waals surface area (Å²) in [5, 5.41) is 20.4. The van der Waals surface area contributed by atoms with Crippen molar-refractivity contribution in [3.05, 3.63) is 106 Å². The van der Waals surface area contributed by atoms with Gasteiger partial charge >= 0.3 is 0 Å². The lowest BCUT2D eigenvalue weighted by atomic mass is 9.65. The molecule has 1 fully saturated rings. The highest BCUT2D eigenvalue weighted by molar-refractivity contribution is 6.30. The molecule has 0 amide bonds. The van der Waals surface area contributed by atoms with Gasteiger partial charge in [0, 0.05) is 29.6 Å². The Labute approximate surface area is 197 Å². The third kappa shape index (κ3) is 4.52. The second-order valence-corrected chi connectivity index (χ2v) is 9.10. The van der Waals surface area contributed by atoms with Crippen molar-refractivity contribution in [1.82, 2.24) is 4.90 Å². The van der Waals surface area contributed by atoms with Crippen LogP contribution in [0.3, 0.4) is 0 Å². The first-order valence-electron chi connectivity index (χ1n) is 11.0. The summed E-state index contributed by atoms with van der Waals surface area (Å²) in [6, 6.07) is 20.8. The summed E-state index contributed by atoms with van der Waals surface area (Å²) in [4.78, 5) is 2.26. The predicted octanol–water partition coefficient (Wildman–Crippen LogP) is 5.85. The smallest absolute Gasteiger partial charge is 0.126 e. The highest BCUT2D eigenvalue weighted by atomic mass is 35.5. The molecule has 0 radical (unpaired) electrons. The molecule has 1 aliphatic heterocycles. The van der Waals surface area contributed by atoms with Gasteiger partial charge in [0.05, 0.1) is 24.3 Å². The normalized spacial score (nSPS) is 17.1. The van der Waals surface area contributed by atoms with Crippen LogP contribution in [-0.4, -0.2) is 29.7 Å². The number of hydrogen-bond acceptors (Lipinski definition) is 3. The lowest BCUT2D eigenvalue weighted by Gasteiger charge is -2.53. The largest absolute Gasteiger partial charge is 0.395 e. The van der Waals surface area contributed by atoms with Gasteiger partial charge in [-0.15, -0.1) is 0 Å². The Morgan fingerprint density at radius 2 is 1.73 bits per heavy atom. The van der Waals surface area contributed by atoms with Crippen LogP contribution >= 0.6 is 11.6 Å². The standard InChI is InChI=1S/C27H25ClF2N2O/c1-2-27(17-33,21-11-24(29)13-25(30)12-21)22-15-32(16-22)26(19-6-8-23(28)9-7-19)20-5-3-4-18(10-20)14-31/h3-13,22,26,33H,2,15-17H2,1H3/t26-,27+/m0/s1. The van der Waals surface area contributed by atoms with Crippen LogP contribution in [0.15, 0.2) is 66.7 Å². The molecule has 170 valence electrons. The predicted molar refractivity (Wildman–Crippen MR) is 125 cm³/mol. The number of benzene rings is 3. The van der Waals surface area contributed by atoms with E-state index in [4.69, 9.17) is 11.6 Å². The first-order valence-corrected chi connectivity index (χ1v) is 11.3. The zero-order chi connectivity index (χ0) is 23.6. The van der Waals surface area contributed by atoms with Crippen LogP contribution < -0.4 is 0 Å². The molecule has 3 aromatic carbocycles. The molecule has 33 heavy (non-hydrogen) atoms. The third-order valence-electron chi connectivity index (χ3n) is 6.92. The Hall–Kier alpha value is -2.78. The summed E-state index contributed by atoms with van der Waals surface area (Å²) in [5.74, 6) is -1.26. The maximum Gasteiger partial charge on any atom is 0.126 e. The molecule has 3 nitrogen and oxygen atoms in total. The summed E-state index contributed by atoms with van der Waals surface area (Å²) in [6.07, 6.45) is 0.556. The molecule has 1 saturated heterocycles. The molecule has 3 aromatic rings. The second-order valence-electron chi connectivity index (χ2n) is 8.67. The molecule has 1 heterocycles. The lowest BCUT2D eigenvalue weighted by molar-refractivity contribution is -0.0101. The van der Waals surface area contributed by atoms with Gasteiger partial charge in [0.25, 0.3) is 0 Å². The van der Waals surface area contributed by atoms with Crippen LogP contribution in [0.1, 0.15) is 41.6 Å². The van der Waals surface area contributed by atoms with Gasteiger partial charge in [-0.1, -0.05) is 42.8 Å². The molecule has 1 N–H and O–H groups in total. The van der Waals surface area contributed by atoms with Crippen LogP contribution in [-0.2, 0) is 5.41 Å². The van der Waals surface area contributed by atoms with Crippen molar-refractivity contribution in [3.8, 4) is 6.07 Å². The number of aliphatic hydroxyl groups is 1. The van der Waals surface area contributed by atoms with E-state index < -0.39 is 17.0 Å². The second kappa shape index (κ2) is 9.61. The van der Waals surface area contributed by atoms with Gasteiger partial charge < -0.3 is 5.11 Å². The fourth-order valence-electron chi connectivity index (χ4n) is 5.01. The summed E-state index contributed by atoms with van der Waals surface area (Å²) < 4.78 is 28.0. The molecular formula is C27H25ClF2N2O. The van der Waals surface area contributed by atoms with Gasteiger partial charge in [-0.25, -0.2) is 8.78 Å². The topological polar surface area (TPSA) is 47.3 Å². The molecular weight excluding hydrogens is 442 g/mol. The van der Waals surface area contributed by atoms with E-state index in [9.17, 15) is 19.1 Å². The van der Waals surface area contributed by atoms with E-state index in [1.807, 2.05) is 49.4 Å². The number of hydrogen-bond donors (Lipinski definition) is 1. The summed E-state index contributed by atoms with van der Waals surface area (Å²) in [5.41, 5.74) is 2.35. The number of halogens is 3. The third-order valence-corrected chi connectivity index (χ3v) is 7.18. The van der Waals surface area contributed by atoms with Crippen LogP contribution in [0.5, 0.6) is 0 Å². The molecule has 4 rings (SSSR count). The molecule has 0 bridgehead atoms. The van der Waals surface area contributed by atoms with Gasteiger partial charge in [0.1, 0.15) is 11.6 Å². The highest BCUT2D eigenvalue weighted by Gasteiger charge is 2.47. The monoisotopic (exact) mass is 466 g/mol. The zero-order valence-electron chi connectivity index (χ0n) is 18.3. The van der Waals surface area contributed by atoms with Crippen LogP contribution in [0.2, 0.25) is 5.02 Å². The first kappa shape index (κ1) is 23.4. The van der Waals surface area contributed by atoms with Crippen molar-refractivity contribution >= 4 is 11.6 Å². The quantitative estimate of drug-likeness (QED) is 0.475. The molecule has 0 aliphatic carbocycles. The fourth-order valence-corrected chi connectivity index (χ4v) is 5.14. The Kier molecular flexibility index (Phi) is 6.81. The maximum atomic E-state index is 14.0. The Morgan fingerprint density at radius 1 is 1.06 bits per heavy atom. The minimum Gasteiger partial charge on any atom is -0.395 e. The summed E-state index contributed by atoms with van der Waals surface area (Å²) >= 11 is 6.11. The van der Waals surface area contributed by atoms with Gasteiger partial charge in [-0.3, -0.25) is 4.90 Å². The number of rotatable bonds is 7. The molecule has 1 aliphatic rings. The maximum absolute atomic E-state index is 14.0. The van der Waals surface area contributed by atoms with Gasteiger partial charge in [-0.05, 0) is 65.4 Å². The Bertz CT molecular complexity index is 1150. The minimum atomic E-state index is -0.738. The average molecular weight is 467 g/mol. The van der Waals surface area contributed by atoms with E-state index in [-0.39, 0.29) is 18.6 Å². The van der Waals surface area contributed by atoms with Crippen molar-refractivity contribution in [2.75, 3.05) is 19.7 Å². The lowest BCUT2D eigenvalue weighted by Crippen LogP contribution is -2.58. The fraction of sp³-hybridized carbons (Fsp3) is 0.296. The van der Waals surface area contributed by atoms with E-state index in [1.165, 1.54) is 12.1 Å². The van der Waals surface area contributed by atoms with Crippen molar-refractivity contribution in [2.24, 2.45) is 5.92 Å².